The highest BCUT2D eigenvalue weighted by atomic mass is 35.5. The molecular weight excluding hydrogens is 316 g/mol. The van der Waals surface area contributed by atoms with Gasteiger partial charge in [0.05, 0.1) is 0 Å². The number of benzene rings is 1. The van der Waals surface area contributed by atoms with E-state index in [9.17, 15) is 4.79 Å². The van der Waals surface area contributed by atoms with E-state index < -0.39 is 0 Å². The number of urea groups is 1. The zero-order valence-corrected chi connectivity index (χ0v) is 14.2. The molecule has 0 radical (unpaired) electrons. The summed E-state index contributed by atoms with van der Waals surface area (Å²) in [6.45, 7) is 6.26. The molecule has 0 bridgehead atoms. The molecule has 1 heterocycles. The molecule has 0 aliphatic heterocycles. The van der Waals surface area contributed by atoms with Crippen molar-refractivity contribution in [2.45, 2.75) is 39.8 Å². The summed E-state index contributed by atoms with van der Waals surface area (Å²) >= 11 is 5.93. The highest BCUT2D eigenvalue weighted by Crippen LogP contribution is 2.20. The fourth-order valence-corrected chi connectivity index (χ4v) is 2.40. The monoisotopic (exact) mass is 336 g/mol. The van der Waals surface area contributed by atoms with E-state index in [1.54, 1.807) is 13.0 Å². The van der Waals surface area contributed by atoms with Crippen LogP contribution in [0.25, 0.3) is 0 Å². The van der Waals surface area contributed by atoms with E-state index in [1.165, 1.54) is 0 Å². The molecule has 2 rings (SSSR count). The average Bonchev–Trinajstić information content (AvgIpc) is 2.91. The summed E-state index contributed by atoms with van der Waals surface area (Å²) in [5.74, 6) is 1.28. The van der Waals surface area contributed by atoms with Gasteiger partial charge in [-0.05, 0) is 30.0 Å². The Morgan fingerprint density at radius 1 is 1.35 bits per heavy atom. The molecule has 0 fully saturated rings. The fourth-order valence-electron chi connectivity index (χ4n) is 2.18. The van der Waals surface area contributed by atoms with E-state index in [2.05, 4.69) is 34.7 Å². The van der Waals surface area contributed by atoms with Crippen molar-refractivity contribution >= 4 is 17.6 Å². The number of amides is 2. The molecule has 2 aromatic rings. The number of hydrogen-bond acceptors (Lipinski definition) is 4. The third kappa shape index (κ3) is 5.56. The molecule has 6 nitrogen and oxygen atoms in total. The molecule has 1 aromatic carbocycles. The van der Waals surface area contributed by atoms with Crippen LogP contribution in [0.5, 0.6) is 0 Å². The Hall–Kier alpha value is -2.08. The van der Waals surface area contributed by atoms with E-state index in [0.717, 1.165) is 5.56 Å². The standard InChI is InChI=1S/C16H21ClN4O2/c1-10(2)7-14(15-21-20-11(3)23-15)19-16(22)18-9-12-5-4-6-13(17)8-12/h4-6,8,10,14H,7,9H2,1-3H3,(H2,18,19,22). The number of nitrogens with one attached hydrogen (secondary N) is 2. The van der Waals surface area contributed by atoms with Crippen molar-refractivity contribution in [3.05, 3.63) is 46.6 Å². The third-order valence-corrected chi connectivity index (χ3v) is 3.43. The van der Waals surface area contributed by atoms with Gasteiger partial charge in [0.2, 0.25) is 11.8 Å². The molecule has 0 aliphatic rings. The Labute approximate surface area is 140 Å². The molecule has 1 aromatic heterocycles. The Kier molecular flexibility index (Phi) is 5.98. The van der Waals surface area contributed by atoms with Gasteiger partial charge in [-0.2, -0.15) is 0 Å². The summed E-state index contributed by atoms with van der Waals surface area (Å²) < 4.78 is 5.44. The second kappa shape index (κ2) is 7.97. The first-order chi connectivity index (χ1) is 10.9. The molecule has 23 heavy (non-hydrogen) atoms. The number of aryl methyl sites for hydroxylation is 1. The van der Waals surface area contributed by atoms with Crippen LogP contribution in [0.2, 0.25) is 5.02 Å². The van der Waals surface area contributed by atoms with Gasteiger partial charge in [0, 0.05) is 18.5 Å². The first kappa shape index (κ1) is 17.3. The van der Waals surface area contributed by atoms with Crippen molar-refractivity contribution in [1.82, 2.24) is 20.8 Å². The van der Waals surface area contributed by atoms with Crippen LogP contribution in [-0.4, -0.2) is 16.2 Å². The fraction of sp³-hybridized carbons (Fsp3) is 0.438. The lowest BCUT2D eigenvalue weighted by Crippen LogP contribution is -2.38. The second-order valence-corrected chi connectivity index (χ2v) is 6.23. The second-order valence-electron chi connectivity index (χ2n) is 5.80. The Morgan fingerprint density at radius 3 is 2.74 bits per heavy atom. The van der Waals surface area contributed by atoms with E-state index in [1.807, 2.05) is 18.2 Å². The van der Waals surface area contributed by atoms with Gasteiger partial charge < -0.3 is 15.1 Å². The van der Waals surface area contributed by atoms with Gasteiger partial charge in [-0.25, -0.2) is 4.79 Å². The van der Waals surface area contributed by atoms with Crippen LogP contribution in [0.3, 0.4) is 0 Å². The maximum atomic E-state index is 12.1. The Morgan fingerprint density at radius 2 is 2.13 bits per heavy atom. The Balaban J connectivity index is 1.94. The van der Waals surface area contributed by atoms with Gasteiger partial charge in [-0.15, -0.1) is 10.2 Å². The third-order valence-electron chi connectivity index (χ3n) is 3.19. The van der Waals surface area contributed by atoms with Crippen molar-refractivity contribution < 1.29 is 9.21 Å². The van der Waals surface area contributed by atoms with Crippen molar-refractivity contribution in [2.75, 3.05) is 0 Å². The predicted octanol–water partition coefficient (Wildman–Crippen LogP) is 3.62. The minimum Gasteiger partial charge on any atom is -0.423 e. The normalized spacial score (nSPS) is 12.2. The van der Waals surface area contributed by atoms with E-state index in [4.69, 9.17) is 16.0 Å². The van der Waals surface area contributed by atoms with Crippen molar-refractivity contribution in [1.29, 1.82) is 0 Å². The lowest BCUT2D eigenvalue weighted by molar-refractivity contribution is 0.230. The van der Waals surface area contributed by atoms with Gasteiger partial charge in [-0.1, -0.05) is 37.6 Å². The largest absolute Gasteiger partial charge is 0.423 e. The summed E-state index contributed by atoms with van der Waals surface area (Å²) in [4.78, 5) is 12.1. The average molecular weight is 337 g/mol. The SMILES string of the molecule is Cc1nnc(C(CC(C)C)NC(=O)NCc2cccc(Cl)c2)o1. The molecule has 0 spiro atoms. The molecule has 7 heteroatoms. The van der Waals surface area contributed by atoms with Crippen molar-refractivity contribution in [3.63, 3.8) is 0 Å². The topological polar surface area (TPSA) is 80.0 Å². The molecule has 2 amide bonds. The smallest absolute Gasteiger partial charge is 0.315 e. The van der Waals surface area contributed by atoms with E-state index in [-0.39, 0.29) is 12.1 Å². The van der Waals surface area contributed by atoms with Crippen molar-refractivity contribution in [2.24, 2.45) is 5.92 Å². The quantitative estimate of drug-likeness (QED) is 0.844. The van der Waals surface area contributed by atoms with Gasteiger partial charge in [0.25, 0.3) is 0 Å². The molecule has 0 aliphatic carbocycles. The summed E-state index contributed by atoms with van der Waals surface area (Å²) in [7, 11) is 0. The zero-order valence-electron chi connectivity index (χ0n) is 13.5. The van der Waals surface area contributed by atoms with Gasteiger partial charge in [0.15, 0.2) is 0 Å². The maximum Gasteiger partial charge on any atom is 0.315 e. The first-order valence-corrected chi connectivity index (χ1v) is 7.90. The van der Waals surface area contributed by atoms with Crippen LogP contribution in [0.15, 0.2) is 28.7 Å². The van der Waals surface area contributed by atoms with Crippen LogP contribution < -0.4 is 10.6 Å². The minimum absolute atomic E-state index is 0.286. The predicted molar refractivity (Wildman–Crippen MR) is 88.1 cm³/mol. The summed E-state index contributed by atoms with van der Waals surface area (Å²) in [5.41, 5.74) is 0.932. The van der Waals surface area contributed by atoms with Gasteiger partial charge in [-0.3, -0.25) is 0 Å². The first-order valence-electron chi connectivity index (χ1n) is 7.53. The molecule has 1 unspecified atom stereocenters. The zero-order chi connectivity index (χ0) is 16.8. The summed E-state index contributed by atoms with van der Waals surface area (Å²) in [6.07, 6.45) is 0.715. The molecule has 0 saturated carbocycles. The van der Waals surface area contributed by atoms with Crippen LogP contribution in [0, 0.1) is 12.8 Å². The minimum atomic E-state index is -0.310. The van der Waals surface area contributed by atoms with Crippen LogP contribution in [0.4, 0.5) is 4.79 Å². The van der Waals surface area contributed by atoms with Crippen LogP contribution in [-0.2, 0) is 6.54 Å². The van der Waals surface area contributed by atoms with Crippen molar-refractivity contribution in [3.8, 4) is 0 Å². The summed E-state index contributed by atoms with van der Waals surface area (Å²) in [6, 6.07) is 6.76. The summed E-state index contributed by atoms with van der Waals surface area (Å²) in [5, 5.41) is 14.2. The van der Waals surface area contributed by atoms with E-state index >= 15 is 0 Å². The molecule has 2 N–H and O–H groups in total. The highest BCUT2D eigenvalue weighted by Gasteiger charge is 2.21. The maximum absolute atomic E-state index is 12.1. The molecule has 0 saturated heterocycles. The number of rotatable bonds is 6. The number of carbonyl (C=O) groups excluding carboxylic acids is 1. The number of nitrogens with zero attached hydrogens (tertiary/aromatic N) is 2. The molecule has 1 atom stereocenters. The lowest BCUT2D eigenvalue weighted by atomic mass is 10.0. The van der Waals surface area contributed by atoms with E-state index in [0.29, 0.717) is 35.7 Å². The van der Waals surface area contributed by atoms with Gasteiger partial charge >= 0.3 is 6.03 Å². The molecule has 124 valence electrons. The van der Waals surface area contributed by atoms with Crippen LogP contribution >= 0.6 is 11.6 Å². The molecular formula is C16H21ClN4O2. The highest BCUT2D eigenvalue weighted by molar-refractivity contribution is 6.30. The lowest BCUT2D eigenvalue weighted by Gasteiger charge is -2.17. The number of aromatic nitrogens is 2. The number of carbonyl (C=O) groups is 1. The Bertz CT molecular complexity index is 657. The van der Waals surface area contributed by atoms with Crippen LogP contribution in [0.1, 0.15) is 43.7 Å². The number of halogens is 1. The number of hydrogen-bond donors (Lipinski definition) is 2. The van der Waals surface area contributed by atoms with Gasteiger partial charge in [0.1, 0.15) is 6.04 Å².